The molecule has 2 aromatic carbocycles. The largest absolute Gasteiger partial charge is 0.480 e. The maximum atomic E-state index is 11.6. The molecule has 4 N–H and O–H groups in total. The van der Waals surface area contributed by atoms with Gasteiger partial charge in [0.25, 0.3) is 5.24 Å². The molecule has 0 bridgehead atoms. The fraction of sp³-hybridized carbons (Fsp3) is 0.250. The van der Waals surface area contributed by atoms with Crippen LogP contribution in [-0.2, 0) is 16.0 Å². The lowest BCUT2D eigenvalue weighted by Gasteiger charge is -2.16. The van der Waals surface area contributed by atoms with Gasteiger partial charge in [-0.25, -0.2) is 0 Å². The number of amides is 2. The van der Waals surface area contributed by atoms with Gasteiger partial charge in [0.1, 0.15) is 17.5 Å². The number of imide groups is 1. The number of carbonyl (C=O) groups is 3. The molecule has 1 fully saturated rings. The van der Waals surface area contributed by atoms with E-state index in [9.17, 15) is 14.4 Å². The fourth-order valence-electron chi connectivity index (χ4n) is 2.83. The Morgan fingerprint density at radius 1 is 1.14 bits per heavy atom. The van der Waals surface area contributed by atoms with Gasteiger partial charge in [0.2, 0.25) is 5.91 Å². The van der Waals surface area contributed by atoms with Crippen LogP contribution in [0, 0.1) is 0 Å². The zero-order valence-electron chi connectivity index (χ0n) is 15.1. The Labute approximate surface area is 166 Å². The third-order valence-corrected chi connectivity index (χ3v) is 5.56. The highest BCUT2D eigenvalue weighted by Crippen LogP contribution is 2.27. The van der Waals surface area contributed by atoms with E-state index in [1.54, 1.807) is 43.3 Å². The van der Waals surface area contributed by atoms with Crippen molar-refractivity contribution in [2.45, 2.75) is 30.6 Å². The summed E-state index contributed by atoms with van der Waals surface area (Å²) in [4.78, 5) is 33.9. The molecular weight excluding hydrogens is 380 g/mol. The standard InChI is InChI=1S/C20H20N2O5S/c1-11(17(21)19(24)25)13-4-8-15(9-5-13)27-14-6-2-12(3-7-14)10-16-18(23)22-20(26)28-16/h2-9,11,16-17H,10,21H2,1H3,(H,24,25)(H,22,23,26)/t11?,16?,17-/m0/s1. The number of ether oxygens (including phenoxy) is 1. The van der Waals surface area contributed by atoms with Crippen LogP contribution in [0.2, 0.25) is 0 Å². The number of nitrogens with one attached hydrogen (secondary N) is 1. The molecule has 2 aromatic rings. The summed E-state index contributed by atoms with van der Waals surface area (Å²) in [6, 6.07) is 13.5. The lowest BCUT2D eigenvalue weighted by Crippen LogP contribution is -2.35. The van der Waals surface area contributed by atoms with Crippen molar-refractivity contribution in [3.05, 3.63) is 59.7 Å². The van der Waals surface area contributed by atoms with Crippen LogP contribution in [0.5, 0.6) is 11.5 Å². The quantitative estimate of drug-likeness (QED) is 0.654. The Balaban J connectivity index is 1.60. The molecule has 8 heteroatoms. The number of aliphatic carboxylic acids is 1. The number of nitrogens with two attached hydrogens (primary N) is 1. The Kier molecular flexibility index (Phi) is 6.01. The van der Waals surface area contributed by atoms with Gasteiger partial charge in [-0.05, 0) is 41.8 Å². The number of hydrogen-bond donors (Lipinski definition) is 3. The number of benzene rings is 2. The van der Waals surface area contributed by atoms with Gasteiger partial charge < -0.3 is 15.6 Å². The first-order chi connectivity index (χ1) is 13.3. The summed E-state index contributed by atoms with van der Waals surface area (Å²) in [6.07, 6.45) is 0.471. The van der Waals surface area contributed by atoms with Crippen LogP contribution in [0.1, 0.15) is 24.0 Å². The number of hydrogen-bond acceptors (Lipinski definition) is 6. The molecule has 0 saturated carbocycles. The number of carboxylic acids is 1. The number of carbonyl (C=O) groups excluding carboxylic acids is 2. The second-order valence-electron chi connectivity index (χ2n) is 6.56. The minimum atomic E-state index is -1.04. The Morgan fingerprint density at radius 2 is 1.71 bits per heavy atom. The Bertz CT molecular complexity index is 882. The van der Waals surface area contributed by atoms with E-state index in [2.05, 4.69) is 5.32 Å². The lowest BCUT2D eigenvalue weighted by molar-refractivity contribution is -0.139. The van der Waals surface area contributed by atoms with Gasteiger partial charge in [-0.1, -0.05) is 43.0 Å². The van der Waals surface area contributed by atoms with Crippen LogP contribution >= 0.6 is 11.8 Å². The van der Waals surface area contributed by atoms with Gasteiger partial charge in [0.05, 0.1) is 5.25 Å². The second kappa shape index (κ2) is 8.45. The van der Waals surface area contributed by atoms with Crippen molar-refractivity contribution in [2.75, 3.05) is 0 Å². The summed E-state index contributed by atoms with van der Waals surface area (Å²) >= 11 is 1.01. The molecule has 3 rings (SSSR count). The van der Waals surface area contributed by atoms with Gasteiger partial charge in [-0.3, -0.25) is 19.7 Å². The van der Waals surface area contributed by atoms with Gasteiger partial charge in [-0.15, -0.1) is 0 Å². The van der Waals surface area contributed by atoms with Crippen LogP contribution in [0.4, 0.5) is 4.79 Å². The summed E-state index contributed by atoms with van der Waals surface area (Å²) in [7, 11) is 0. The van der Waals surface area contributed by atoms with E-state index >= 15 is 0 Å². The van der Waals surface area contributed by atoms with E-state index in [0.717, 1.165) is 22.9 Å². The first-order valence-electron chi connectivity index (χ1n) is 8.70. The maximum Gasteiger partial charge on any atom is 0.321 e. The summed E-state index contributed by atoms with van der Waals surface area (Å²) < 4.78 is 5.80. The number of thioether (sulfide) groups is 1. The molecule has 1 saturated heterocycles. The van der Waals surface area contributed by atoms with Crippen molar-refractivity contribution < 1.29 is 24.2 Å². The van der Waals surface area contributed by atoms with Crippen molar-refractivity contribution in [1.29, 1.82) is 0 Å². The van der Waals surface area contributed by atoms with Gasteiger partial charge in [0.15, 0.2) is 0 Å². The highest BCUT2D eigenvalue weighted by molar-refractivity contribution is 8.15. The first kappa shape index (κ1) is 19.9. The minimum absolute atomic E-state index is 0.257. The van der Waals surface area contributed by atoms with Crippen molar-refractivity contribution in [3.63, 3.8) is 0 Å². The molecule has 1 aliphatic rings. The van der Waals surface area contributed by atoms with Gasteiger partial charge in [0, 0.05) is 5.92 Å². The molecule has 0 radical (unpaired) electrons. The predicted octanol–water partition coefficient (Wildman–Crippen LogP) is 2.89. The Hall–Kier alpha value is -2.84. The van der Waals surface area contributed by atoms with Crippen molar-refractivity contribution in [2.24, 2.45) is 5.73 Å². The number of rotatable bonds is 7. The lowest BCUT2D eigenvalue weighted by atomic mass is 9.94. The molecule has 2 unspecified atom stereocenters. The zero-order chi connectivity index (χ0) is 20.3. The summed E-state index contributed by atoms with van der Waals surface area (Å²) in [5, 5.41) is 10.6. The molecule has 2 amide bonds. The SMILES string of the molecule is CC(c1ccc(Oc2ccc(CC3SC(=O)NC3=O)cc2)cc1)[C@H](N)C(=O)O. The molecule has 0 spiro atoms. The molecule has 146 valence electrons. The van der Waals surface area contributed by atoms with Crippen molar-refractivity contribution >= 4 is 28.9 Å². The summed E-state index contributed by atoms with van der Waals surface area (Å²) in [5.41, 5.74) is 7.42. The molecule has 1 aliphatic heterocycles. The van der Waals surface area contributed by atoms with Crippen LogP contribution in [0.3, 0.4) is 0 Å². The van der Waals surface area contributed by atoms with E-state index in [1.807, 2.05) is 12.1 Å². The monoisotopic (exact) mass is 400 g/mol. The molecule has 0 aromatic heterocycles. The average molecular weight is 400 g/mol. The molecule has 0 aliphatic carbocycles. The normalized spacial score (nSPS) is 18.4. The zero-order valence-corrected chi connectivity index (χ0v) is 15.9. The van der Waals surface area contributed by atoms with E-state index in [0.29, 0.717) is 17.9 Å². The average Bonchev–Trinajstić information content (AvgIpc) is 2.99. The Morgan fingerprint density at radius 3 is 2.21 bits per heavy atom. The van der Waals surface area contributed by atoms with Crippen LogP contribution in [-0.4, -0.2) is 33.5 Å². The van der Waals surface area contributed by atoms with Crippen LogP contribution in [0.25, 0.3) is 0 Å². The number of carboxylic acid groups (broad SMARTS) is 1. The summed E-state index contributed by atoms with van der Waals surface area (Å²) in [5.74, 6) is -0.364. The molecule has 7 nitrogen and oxygen atoms in total. The third kappa shape index (κ3) is 4.71. The molecular formula is C20H20N2O5S. The highest BCUT2D eigenvalue weighted by atomic mass is 32.2. The summed E-state index contributed by atoms with van der Waals surface area (Å²) in [6.45, 7) is 1.77. The van der Waals surface area contributed by atoms with E-state index < -0.39 is 17.3 Å². The minimum Gasteiger partial charge on any atom is -0.480 e. The molecule has 1 heterocycles. The first-order valence-corrected chi connectivity index (χ1v) is 9.58. The second-order valence-corrected chi connectivity index (χ2v) is 7.73. The maximum absolute atomic E-state index is 11.6. The highest BCUT2D eigenvalue weighted by Gasteiger charge is 2.31. The van der Waals surface area contributed by atoms with Gasteiger partial charge in [-0.2, -0.15) is 0 Å². The van der Waals surface area contributed by atoms with Crippen molar-refractivity contribution in [1.82, 2.24) is 5.32 Å². The molecule has 28 heavy (non-hydrogen) atoms. The van der Waals surface area contributed by atoms with Crippen molar-refractivity contribution in [3.8, 4) is 11.5 Å². The van der Waals surface area contributed by atoms with Crippen LogP contribution < -0.4 is 15.8 Å². The topological polar surface area (TPSA) is 119 Å². The van der Waals surface area contributed by atoms with E-state index in [1.165, 1.54) is 0 Å². The third-order valence-electron chi connectivity index (χ3n) is 4.58. The van der Waals surface area contributed by atoms with Gasteiger partial charge >= 0.3 is 5.97 Å². The van der Waals surface area contributed by atoms with Crippen LogP contribution in [0.15, 0.2) is 48.5 Å². The van der Waals surface area contributed by atoms with E-state index in [4.69, 9.17) is 15.6 Å². The van der Waals surface area contributed by atoms with E-state index in [-0.39, 0.29) is 17.1 Å². The fourth-order valence-corrected chi connectivity index (χ4v) is 3.69. The smallest absolute Gasteiger partial charge is 0.321 e. The molecule has 3 atom stereocenters. The predicted molar refractivity (Wildman–Crippen MR) is 106 cm³/mol.